The predicted molar refractivity (Wildman–Crippen MR) is 191 cm³/mol. The van der Waals surface area contributed by atoms with Gasteiger partial charge in [0, 0.05) is 27.7 Å². The van der Waals surface area contributed by atoms with Crippen molar-refractivity contribution in [1.29, 1.82) is 0 Å². The molecule has 0 fully saturated rings. The van der Waals surface area contributed by atoms with Crippen molar-refractivity contribution in [2.45, 2.75) is 12.3 Å². The fourth-order valence-corrected chi connectivity index (χ4v) is 8.59. The summed E-state index contributed by atoms with van der Waals surface area (Å²) in [6.07, 6.45) is 0. The van der Waals surface area contributed by atoms with Gasteiger partial charge in [0.15, 0.2) is 0 Å². The molecule has 2 heteroatoms. The Bertz CT molecular complexity index is 2450. The zero-order chi connectivity index (χ0) is 30.4. The molecule has 46 heavy (non-hydrogen) atoms. The molecule has 1 unspecified atom stereocenters. The maximum absolute atomic E-state index is 2.52. The molecule has 2 nitrogen and oxygen atoms in total. The summed E-state index contributed by atoms with van der Waals surface area (Å²) in [5.74, 6) is 0. The van der Waals surface area contributed by atoms with E-state index in [2.05, 4.69) is 180 Å². The number of benzene rings is 7. The molecule has 1 spiro atoms. The molecule has 0 bridgehead atoms. The van der Waals surface area contributed by atoms with Gasteiger partial charge in [0.1, 0.15) is 0 Å². The molecule has 0 N–H and O–H groups in total. The Morgan fingerprint density at radius 2 is 1.09 bits per heavy atom. The molecule has 8 aromatic rings. The molecule has 1 aliphatic heterocycles. The predicted octanol–water partition coefficient (Wildman–Crippen LogP) is 11.2. The second kappa shape index (κ2) is 9.32. The summed E-state index contributed by atoms with van der Waals surface area (Å²) < 4.78 is 2.52. The lowest BCUT2D eigenvalue weighted by atomic mass is 9.64. The lowest BCUT2D eigenvalue weighted by molar-refractivity contribution is 0.747. The van der Waals surface area contributed by atoms with Crippen LogP contribution in [0, 0.1) is 6.92 Å². The SMILES string of the molecule is Cc1ccc2c(c1N(c1ccccc1)c1ccccc1)C1(c3ccccc3-2)c2ccccc2-n2c3ccccc3c3cccc1c32. The minimum atomic E-state index is -0.532. The molecular weight excluding hydrogens is 556 g/mol. The first-order chi connectivity index (χ1) is 22.8. The van der Waals surface area contributed by atoms with Crippen LogP contribution < -0.4 is 4.90 Å². The second-order valence-electron chi connectivity index (χ2n) is 12.5. The van der Waals surface area contributed by atoms with E-state index in [1.54, 1.807) is 0 Å². The molecule has 1 aliphatic carbocycles. The van der Waals surface area contributed by atoms with Crippen molar-refractivity contribution >= 4 is 38.9 Å². The first-order valence-electron chi connectivity index (χ1n) is 16.0. The van der Waals surface area contributed by atoms with Crippen molar-refractivity contribution in [1.82, 2.24) is 4.57 Å². The molecule has 216 valence electrons. The third-order valence-electron chi connectivity index (χ3n) is 10.3. The van der Waals surface area contributed by atoms with Gasteiger partial charge in [-0.3, -0.25) is 0 Å². The summed E-state index contributed by atoms with van der Waals surface area (Å²) in [5.41, 5.74) is 16.0. The summed E-state index contributed by atoms with van der Waals surface area (Å²) in [7, 11) is 0. The van der Waals surface area contributed by atoms with Crippen LogP contribution in [0.1, 0.15) is 27.8 Å². The van der Waals surface area contributed by atoms with Gasteiger partial charge in [-0.25, -0.2) is 0 Å². The van der Waals surface area contributed by atoms with E-state index in [4.69, 9.17) is 0 Å². The maximum atomic E-state index is 2.52. The number of para-hydroxylation sites is 5. The van der Waals surface area contributed by atoms with Crippen LogP contribution >= 0.6 is 0 Å². The zero-order valence-corrected chi connectivity index (χ0v) is 25.5. The smallest absolute Gasteiger partial charge is 0.0775 e. The van der Waals surface area contributed by atoms with Crippen LogP contribution in [0.5, 0.6) is 0 Å². The van der Waals surface area contributed by atoms with Gasteiger partial charge in [0.2, 0.25) is 0 Å². The van der Waals surface area contributed by atoms with E-state index in [1.165, 1.54) is 72.1 Å². The zero-order valence-electron chi connectivity index (χ0n) is 25.5. The number of hydrogen-bond donors (Lipinski definition) is 0. The Morgan fingerprint density at radius 3 is 1.87 bits per heavy atom. The molecule has 10 rings (SSSR count). The highest BCUT2D eigenvalue weighted by molar-refractivity contribution is 6.13. The normalized spacial score (nSPS) is 15.6. The fraction of sp³-hybridized carbons (Fsp3) is 0.0455. The van der Waals surface area contributed by atoms with Crippen LogP contribution in [0.2, 0.25) is 0 Å². The Balaban J connectivity index is 1.44. The Kier molecular flexibility index (Phi) is 5.16. The topological polar surface area (TPSA) is 8.17 Å². The number of aryl methyl sites for hydroxylation is 1. The van der Waals surface area contributed by atoms with Crippen LogP contribution in [-0.2, 0) is 5.41 Å². The van der Waals surface area contributed by atoms with E-state index in [1.807, 2.05) is 0 Å². The van der Waals surface area contributed by atoms with Crippen LogP contribution in [0.15, 0.2) is 164 Å². The van der Waals surface area contributed by atoms with Crippen molar-refractivity contribution in [3.8, 4) is 16.8 Å². The van der Waals surface area contributed by atoms with Crippen LogP contribution in [-0.4, -0.2) is 4.57 Å². The minimum Gasteiger partial charge on any atom is -0.310 e. The lowest BCUT2D eigenvalue weighted by Crippen LogP contribution is -2.35. The number of fused-ring (bicyclic) bond motifs is 12. The molecular formula is C44H30N2. The maximum Gasteiger partial charge on any atom is 0.0775 e. The van der Waals surface area contributed by atoms with Crippen LogP contribution in [0.4, 0.5) is 17.1 Å². The summed E-state index contributed by atoms with van der Waals surface area (Å²) >= 11 is 0. The molecule has 2 heterocycles. The molecule has 0 saturated heterocycles. The summed E-state index contributed by atoms with van der Waals surface area (Å²) in [5, 5.41) is 2.59. The molecule has 2 aliphatic rings. The standard InChI is InChI=1S/C44H30N2/c1-29-27-28-34-32-19-8-10-22-36(32)44(41(34)42(29)45(30-15-4-2-5-16-30)31-17-6-3-7-18-31)37-23-11-13-26-40(37)46-39-25-12-9-20-33(39)35-21-14-24-38(44)43(35)46/h2-28H,1H3. The van der Waals surface area contributed by atoms with Gasteiger partial charge in [-0.05, 0) is 76.7 Å². The highest BCUT2D eigenvalue weighted by Gasteiger charge is 2.52. The third-order valence-corrected chi connectivity index (χ3v) is 10.3. The van der Waals surface area contributed by atoms with Crippen LogP contribution in [0.25, 0.3) is 38.6 Å². The quantitative estimate of drug-likeness (QED) is 0.200. The Labute approximate surface area is 268 Å². The van der Waals surface area contributed by atoms with Gasteiger partial charge in [-0.1, -0.05) is 127 Å². The van der Waals surface area contributed by atoms with Gasteiger partial charge in [0.05, 0.1) is 27.8 Å². The number of rotatable bonds is 3. The lowest BCUT2D eigenvalue weighted by Gasteiger charge is -2.42. The van der Waals surface area contributed by atoms with Crippen LogP contribution in [0.3, 0.4) is 0 Å². The molecule has 0 radical (unpaired) electrons. The van der Waals surface area contributed by atoms with E-state index < -0.39 is 5.41 Å². The molecule has 1 aromatic heterocycles. The number of hydrogen-bond acceptors (Lipinski definition) is 1. The Morgan fingerprint density at radius 1 is 0.478 bits per heavy atom. The average molecular weight is 587 g/mol. The molecule has 0 amide bonds. The fourth-order valence-electron chi connectivity index (χ4n) is 8.59. The first-order valence-corrected chi connectivity index (χ1v) is 16.0. The first kappa shape index (κ1) is 25.5. The van der Waals surface area contributed by atoms with Gasteiger partial charge in [-0.15, -0.1) is 0 Å². The number of aromatic nitrogens is 1. The monoisotopic (exact) mass is 586 g/mol. The second-order valence-corrected chi connectivity index (χ2v) is 12.5. The van der Waals surface area contributed by atoms with Gasteiger partial charge >= 0.3 is 0 Å². The van der Waals surface area contributed by atoms with Gasteiger partial charge in [-0.2, -0.15) is 0 Å². The highest BCUT2D eigenvalue weighted by Crippen LogP contribution is 2.64. The molecule has 0 saturated carbocycles. The van der Waals surface area contributed by atoms with E-state index in [9.17, 15) is 0 Å². The van der Waals surface area contributed by atoms with E-state index in [0.29, 0.717) is 0 Å². The third kappa shape index (κ3) is 3.11. The number of nitrogens with zero attached hydrogens (tertiary/aromatic N) is 2. The molecule has 1 atom stereocenters. The highest BCUT2D eigenvalue weighted by atomic mass is 15.1. The molecule has 7 aromatic carbocycles. The van der Waals surface area contributed by atoms with Crippen molar-refractivity contribution in [3.63, 3.8) is 0 Å². The van der Waals surface area contributed by atoms with E-state index >= 15 is 0 Å². The Hall–Kier alpha value is -5.86. The van der Waals surface area contributed by atoms with E-state index in [-0.39, 0.29) is 0 Å². The summed E-state index contributed by atoms with van der Waals surface area (Å²) in [4.78, 5) is 2.48. The average Bonchev–Trinajstić information content (AvgIpc) is 3.61. The van der Waals surface area contributed by atoms with Gasteiger partial charge < -0.3 is 9.47 Å². The van der Waals surface area contributed by atoms with Crippen molar-refractivity contribution in [2.75, 3.05) is 4.90 Å². The number of anilines is 3. The summed E-state index contributed by atoms with van der Waals surface area (Å²) in [6, 6.07) is 60.4. The largest absolute Gasteiger partial charge is 0.310 e. The van der Waals surface area contributed by atoms with E-state index in [0.717, 1.165) is 11.4 Å². The van der Waals surface area contributed by atoms with Crippen molar-refractivity contribution in [2.24, 2.45) is 0 Å². The van der Waals surface area contributed by atoms with Crippen molar-refractivity contribution in [3.05, 3.63) is 192 Å². The summed E-state index contributed by atoms with van der Waals surface area (Å²) in [6.45, 7) is 2.28. The van der Waals surface area contributed by atoms with Gasteiger partial charge in [0.25, 0.3) is 0 Å². The minimum absolute atomic E-state index is 0.532. The van der Waals surface area contributed by atoms with Crippen molar-refractivity contribution < 1.29 is 0 Å².